The van der Waals surface area contributed by atoms with Gasteiger partial charge < -0.3 is 5.32 Å². The Morgan fingerprint density at radius 1 is 0.957 bits per heavy atom. The molecule has 0 aliphatic carbocycles. The van der Waals surface area contributed by atoms with Crippen molar-refractivity contribution in [2.45, 2.75) is 60.8 Å². The van der Waals surface area contributed by atoms with Crippen molar-refractivity contribution in [1.29, 1.82) is 0 Å². The van der Waals surface area contributed by atoms with Crippen molar-refractivity contribution in [3.8, 4) is 0 Å². The van der Waals surface area contributed by atoms with E-state index >= 15 is 0 Å². The van der Waals surface area contributed by atoms with Crippen molar-refractivity contribution >= 4 is 17.4 Å². The number of amides is 1. The Morgan fingerprint density at radius 3 is 1.83 bits per heavy atom. The molecule has 1 amide bonds. The molecule has 128 valence electrons. The molecule has 1 aromatic heterocycles. The van der Waals surface area contributed by atoms with Gasteiger partial charge in [-0.2, -0.15) is 0 Å². The molecule has 0 aliphatic rings. The van der Waals surface area contributed by atoms with Crippen molar-refractivity contribution in [3.05, 3.63) is 23.5 Å². The van der Waals surface area contributed by atoms with Gasteiger partial charge in [0.25, 0.3) is 0 Å². The highest BCUT2D eigenvalue weighted by atomic mass is 16.2. The molecule has 0 atom stereocenters. The zero-order valence-corrected chi connectivity index (χ0v) is 15.3. The molecule has 0 spiro atoms. The minimum Gasteiger partial charge on any atom is -0.326 e. The Bertz CT molecular complexity index is 520. The zero-order valence-electron chi connectivity index (χ0n) is 15.3. The third-order valence-electron chi connectivity index (χ3n) is 3.43. The maximum absolute atomic E-state index is 12.0. The molecule has 0 saturated heterocycles. The fourth-order valence-corrected chi connectivity index (χ4v) is 2.34. The number of anilines is 1. The van der Waals surface area contributed by atoms with Crippen LogP contribution in [0.4, 0.5) is 5.69 Å². The number of hydrogen-bond acceptors (Lipinski definition) is 3. The van der Waals surface area contributed by atoms with Gasteiger partial charge in [0.05, 0.1) is 6.42 Å². The maximum atomic E-state index is 12.0. The number of Topliss-reactive ketones (excluding diaryl/α,β-unsaturated/α-hetero) is 1. The number of carbonyl (C=O) groups is 2. The second-order valence-electron chi connectivity index (χ2n) is 7.38. The predicted octanol–water partition coefficient (Wildman–Crippen LogP) is 4.03. The lowest BCUT2D eigenvalue weighted by Gasteiger charge is -2.13. The van der Waals surface area contributed by atoms with Gasteiger partial charge >= 0.3 is 0 Å². The number of carbonyl (C=O) groups excluding carboxylic acids is 2. The van der Waals surface area contributed by atoms with E-state index in [9.17, 15) is 9.59 Å². The van der Waals surface area contributed by atoms with Gasteiger partial charge in [-0.05, 0) is 36.8 Å². The van der Waals surface area contributed by atoms with E-state index in [4.69, 9.17) is 4.98 Å². The van der Waals surface area contributed by atoms with Crippen LogP contribution < -0.4 is 5.32 Å². The summed E-state index contributed by atoms with van der Waals surface area (Å²) in [6, 6.07) is 3.84. The van der Waals surface area contributed by atoms with Crippen LogP contribution in [0.15, 0.2) is 12.1 Å². The van der Waals surface area contributed by atoms with Gasteiger partial charge in [-0.25, -0.2) is 0 Å². The molecule has 4 nitrogen and oxygen atoms in total. The van der Waals surface area contributed by atoms with Crippen molar-refractivity contribution in [3.63, 3.8) is 0 Å². The second kappa shape index (κ2) is 8.80. The Labute approximate surface area is 140 Å². The Morgan fingerprint density at radius 2 is 1.43 bits per heavy atom. The molecule has 0 aliphatic heterocycles. The first-order chi connectivity index (χ1) is 10.7. The molecule has 23 heavy (non-hydrogen) atoms. The normalized spacial score (nSPS) is 11.3. The summed E-state index contributed by atoms with van der Waals surface area (Å²) in [7, 11) is 0. The molecule has 0 bridgehead atoms. The summed E-state index contributed by atoms with van der Waals surface area (Å²) in [4.78, 5) is 28.4. The van der Waals surface area contributed by atoms with Gasteiger partial charge in [0.1, 0.15) is 5.78 Å². The van der Waals surface area contributed by atoms with Crippen LogP contribution in [0.2, 0.25) is 0 Å². The molecule has 0 fully saturated rings. The van der Waals surface area contributed by atoms with Crippen molar-refractivity contribution in [2.75, 3.05) is 5.32 Å². The molecule has 1 aromatic rings. The molecule has 0 aromatic carbocycles. The average Bonchev–Trinajstić information content (AvgIpc) is 2.35. The molecular formula is C19H30N2O2. The lowest BCUT2D eigenvalue weighted by molar-refractivity contribution is -0.127. The quantitative estimate of drug-likeness (QED) is 0.736. The number of aromatic nitrogens is 1. The summed E-state index contributed by atoms with van der Waals surface area (Å²) >= 11 is 0. The van der Waals surface area contributed by atoms with E-state index < -0.39 is 0 Å². The van der Waals surface area contributed by atoms with Crippen LogP contribution >= 0.6 is 0 Å². The van der Waals surface area contributed by atoms with Gasteiger partial charge in [-0.3, -0.25) is 14.6 Å². The van der Waals surface area contributed by atoms with Crippen LogP contribution in [-0.4, -0.2) is 16.7 Å². The highest BCUT2D eigenvalue weighted by molar-refractivity contribution is 6.04. The fourth-order valence-electron chi connectivity index (χ4n) is 2.34. The average molecular weight is 318 g/mol. The summed E-state index contributed by atoms with van der Waals surface area (Å²) < 4.78 is 0. The van der Waals surface area contributed by atoms with E-state index in [0.717, 1.165) is 29.9 Å². The van der Waals surface area contributed by atoms with Crippen LogP contribution in [0.1, 0.15) is 59.4 Å². The van der Waals surface area contributed by atoms with Crippen LogP contribution in [-0.2, 0) is 22.4 Å². The van der Waals surface area contributed by atoms with Crippen LogP contribution in [0.5, 0.6) is 0 Å². The molecular weight excluding hydrogens is 288 g/mol. The van der Waals surface area contributed by atoms with Crippen LogP contribution in [0.3, 0.4) is 0 Å². The van der Waals surface area contributed by atoms with Crippen molar-refractivity contribution in [1.82, 2.24) is 4.98 Å². The summed E-state index contributed by atoms with van der Waals surface area (Å²) in [6.07, 6.45) is 1.68. The molecule has 1 N–H and O–H groups in total. The number of ketones is 1. The maximum Gasteiger partial charge on any atom is 0.231 e. The summed E-state index contributed by atoms with van der Waals surface area (Å²) in [5, 5.41) is 2.86. The number of rotatable bonds is 8. The van der Waals surface area contributed by atoms with Crippen LogP contribution in [0.25, 0.3) is 0 Å². The zero-order chi connectivity index (χ0) is 17.6. The first-order valence-corrected chi connectivity index (χ1v) is 8.49. The van der Waals surface area contributed by atoms with E-state index in [1.54, 1.807) is 0 Å². The fraction of sp³-hybridized carbons (Fsp3) is 0.632. The number of pyridine rings is 1. The number of hydrogen-bond donors (Lipinski definition) is 1. The Balaban J connectivity index is 2.90. The van der Waals surface area contributed by atoms with Gasteiger partial charge in [0.15, 0.2) is 0 Å². The molecule has 4 heteroatoms. The molecule has 0 unspecified atom stereocenters. The lowest BCUT2D eigenvalue weighted by atomic mass is 10.0. The van der Waals surface area contributed by atoms with Gasteiger partial charge in [0, 0.05) is 23.0 Å². The first kappa shape index (κ1) is 19.3. The minimum absolute atomic E-state index is 0.0404. The third kappa shape index (κ3) is 7.40. The van der Waals surface area contributed by atoms with E-state index in [2.05, 4.69) is 33.0 Å². The van der Waals surface area contributed by atoms with Crippen molar-refractivity contribution < 1.29 is 9.59 Å². The van der Waals surface area contributed by atoms with E-state index in [-0.39, 0.29) is 24.0 Å². The number of nitrogens with one attached hydrogen (secondary N) is 1. The van der Waals surface area contributed by atoms with E-state index in [1.165, 1.54) is 0 Å². The first-order valence-electron chi connectivity index (χ1n) is 8.49. The largest absolute Gasteiger partial charge is 0.326 e. The summed E-state index contributed by atoms with van der Waals surface area (Å²) in [5.74, 6) is 0.596. The van der Waals surface area contributed by atoms with E-state index in [1.807, 2.05) is 26.0 Å². The Kier molecular flexibility index (Phi) is 7.40. The predicted molar refractivity (Wildman–Crippen MR) is 94.4 cm³/mol. The smallest absolute Gasteiger partial charge is 0.231 e. The molecule has 0 radical (unpaired) electrons. The third-order valence-corrected chi connectivity index (χ3v) is 3.43. The second-order valence-corrected chi connectivity index (χ2v) is 7.38. The minimum atomic E-state index is -0.249. The highest BCUT2D eigenvalue weighted by Gasteiger charge is 2.14. The standard InChI is InChI=1S/C19H30N2O2/c1-12(2)7-15-9-17(10-16(20-15)8-13(3)4)21-19(23)11-18(22)14(5)6/h9-10,12-14H,7-8,11H2,1-6H3,(H,20,21,23). The number of nitrogens with zero attached hydrogens (tertiary/aromatic N) is 1. The van der Waals surface area contributed by atoms with Gasteiger partial charge in [-0.1, -0.05) is 41.5 Å². The summed E-state index contributed by atoms with van der Waals surface area (Å²) in [5.41, 5.74) is 2.72. The SMILES string of the molecule is CC(C)Cc1cc(NC(=O)CC(=O)C(C)C)cc(CC(C)C)n1. The Hall–Kier alpha value is -1.71. The lowest BCUT2D eigenvalue weighted by Crippen LogP contribution is -2.20. The van der Waals surface area contributed by atoms with Gasteiger partial charge in [0.2, 0.25) is 5.91 Å². The van der Waals surface area contributed by atoms with E-state index in [0.29, 0.717) is 11.8 Å². The molecule has 1 heterocycles. The van der Waals surface area contributed by atoms with Gasteiger partial charge in [-0.15, -0.1) is 0 Å². The topological polar surface area (TPSA) is 59.1 Å². The monoisotopic (exact) mass is 318 g/mol. The van der Waals surface area contributed by atoms with Crippen molar-refractivity contribution in [2.24, 2.45) is 17.8 Å². The van der Waals surface area contributed by atoms with Crippen LogP contribution in [0, 0.1) is 17.8 Å². The molecule has 1 rings (SSSR count). The molecule has 0 saturated carbocycles. The highest BCUT2D eigenvalue weighted by Crippen LogP contribution is 2.17. The summed E-state index contributed by atoms with van der Waals surface area (Å²) in [6.45, 7) is 12.2.